The molecular formula is C18H14ClNO3. The van der Waals surface area contributed by atoms with Crippen LogP contribution in [0, 0.1) is 0 Å². The summed E-state index contributed by atoms with van der Waals surface area (Å²) >= 11 is 6.21. The molecule has 0 bridgehead atoms. The normalized spacial score (nSPS) is 10.6. The van der Waals surface area contributed by atoms with Crippen molar-refractivity contribution >= 4 is 28.7 Å². The predicted molar refractivity (Wildman–Crippen MR) is 90.7 cm³/mol. The monoisotopic (exact) mass is 327 g/mol. The number of nitrogens with zero attached hydrogens (tertiary/aromatic N) is 1. The van der Waals surface area contributed by atoms with Crippen LogP contribution in [0.2, 0.25) is 5.15 Å². The average molecular weight is 328 g/mol. The smallest absolute Gasteiger partial charge is 0.161 e. The molecule has 0 unspecified atom stereocenters. The van der Waals surface area contributed by atoms with Gasteiger partial charge in [0, 0.05) is 16.3 Å². The highest BCUT2D eigenvalue weighted by atomic mass is 35.5. The number of benzene rings is 2. The first-order chi connectivity index (χ1) is 11.2. The molecule has 0 aliphatic carbocycles. The number of methoxy groups -OCH3 is 2. The SMILES string of the molecule is COc1cc2c(-c3ccccc3)nc(Cl)c(C=O)c2cc1OC. The Kier molecular flexibility index (Phi) is 4.17. The molecule has 1 heterocycles. The van der Waals surface area contributed by atoms with Crippen LogP contribution in [-0.4, -0.2) is 25.5 Å². The van der Waals surface area contributed by atoms with E-state index in [1.54, 1.807) is 20.3 Å². The number of pyridine rings is 1. The second-order valence-corrected chi connectivity index (χ2v) is 5.26. The summed E-state index contributed by atoms with van der Waals surface area (Å²) in [5.74, 6) is 1.10. The number of aldehydes is 1. The van der Waals surface area contributed by atoms with E-state index in [2.05, 4.69) is 4.98 Å². The van der Waals surface area contributed by atoms with Crippen molar-refractivity contribution in [2.24, 2.45) is 0 Å². The Hall–Kier alpha value is -2.59. The third-order valence-corrected chi connectivity index (χ3v) is 3.95. The van der Waals surface area contributed by atoms with Gasteiger partial charge >= 0.3 is 0 Å². The Morgan fingerprint density at radius 1 is 1.00 bits per heavy atom. The molecule has 1 aromatic heterocycles. The van der Waals surface area contributed by atoms with Gasteiger partial charge in [0.25, 0.3) is 0 Å². The fraction of sp³-hybridized carbons (Fsp3) is 0.111. The van der Waals surface area contributed by atoms with Gasteiger partial charge in [-0.15, -0.1) is 0 Å². The highest BCUT2D eigenvalue weighted by molar-refractivity contribution is 6.33. The van der Waals surface area contributed by atoms with E-state index in [1.165, 1.54) is 0 Å². The van der Waals surface area contributed by atoms with Gasteiger partial charge < -0.3 is 9.47 Å². The fourth-order valence-electron chi connectivity index (χ4n) is 2.56. The van der Waals surface area contributed by atoms with Gasteiger partial charge in [0.05, 0.1) is 25.5 Å². The standard InChI is InChI=1S/C18H14ClNO3/c1-22-15-8-12-13(9-16(15)23-2)17(11-6-4-3-5-7-11)20-18(19)14(12)10-21/h3-10H,1-2H3. The van der Waals surface area contributed by atoms with Crippen molar-refractivity contribution in [2.75, 3.05) is 14.2 Å². The predicted octanol–water partition coefficient (Wildman–Crippen LogP) is 4.38. The van der Waals surface area contributed by atoms with Crippen molar-refractivity contribution in [3.05, 3.63) is 53.2 Å². The Morgan fingerprint density at radius 2 is 1.61 bits per heavy atom. The Bertz CT molecular complexity index is 879. The largest absolute Gasteiger partial charge is 0.493 e. The highest BCUT2D eigenvalue weighted by Crippen LogP contribution is 2.39. The quantitative estimate of drug-likeness (QED) is 0.527. The summed E-state index contributed by atoms with van der Waals surface area (Å²) in [5.41, 5.74) is 1.93. The maximum atomic E-state index is 11.4. The van der Waals surface area contributed by atoms with Crippen LogP contribution in [0.1, 0.15) is 10.4 Å². The number of fused-ring (bicyclic) bond motifs is 1. The molecule has 23 heavy (non-hydrogen) atoms. The molecule has 0 atom stereocenters. The first kappa shape index (κ1) is 15.3. The van der Waals surface area contributed by atoms with Crippen molar-refractivity contribution in [2.45, 2.75) is 0 Å². The van der Waals surface area contributed by atoms with Crippen LogP contribution >= 0.6 is 11.6 Å². The minimum Gasteiger partial charge on any atom is -0.493 e. The van der Waals surface area contributed by atoms with Gasteiger partial charge in [-0.05, 0) is 12.1 Å². The fourth-order valence-corrected chi connectivity index (χ4v) is 2.79. The lowest BCUT2D eigenvalue weighted by Crippen LogP contribution is -1.97. The molecule has 0 saturated heterocycles. The van der Waals surface area contributed by atoms with Gasteiger partial charge in [0.15, 0.2) is 17.8 Å². The summed E-state index contributed by atoms with van der Waals surface area (Å²) in [5, 5.41) is 1.62. The van der Waals surface area contributed by atoms with E-state index in [1.807, 2.05) is 36.4 Å². The summed E-state index contributed by atoms with van der Waals surface area (Å²) < 4.78 is 10.7. The number of ether oxygens (including phenoxy) is 2. The highest BCUT2D eigenvalue weighted by Gasteiger charge is 2.17. The molecule has 116 valence electrons. The molecule has 3 rings (SSSR count). The molecule has 0 radical (unpaired) electrons. The molecule has 3 aromatic rings. The van der Waals surface area contributed by atoms with Crippen LogP contribution in [0.3, 0.4) is 0 Å². The number of hydrogen-bond donors (Lipinski definition) is 0. The van der Waals surface area contributed by atoms with E-state index in [0.29, 0.717) is 34.4 Å². The molecule has 5 heteroatoms. The Morgan fingerprint density at radius 3 is 2.17 bits per heavy atom. The summed E-state index contributed by atoms with van der Waals surface area (Å²) in [6.45, 7) is 0. The average Bonchev–Trinajstić information content (AvgIpc) is 2.60. The van der Waals surface area contributed by atoms with E-state index in [9.17, 15) is 4.79 Å². The second kappa shape index (κ2) is 6.26. The number of carbonyl (C=O) groups excluding carboxylic acids is 1. The molecule has 0 spiro atoms. The number of rotatable bonds is 4. The summed E-state index contributed by atoms with van der Waals surface area (Å²) in [7, 11) is 3.11. The lowest BCUT2D eigenvalue weighted by atomic mass is 10.0. The zero-order valence-electron chi connectivity index (χ0n) is 12.7. The third-order valence-electron chi connectivity index (χ3n) is 3.67. The van der Waals surface area contributed by atoms with E-state index >= 15 is 0 Å². The van der Waals surface area contributed by atoms with Crippen molar-refractivity contribution < 1.29 is 14.3 Å². The van der Waals surface area contributed by atoms with Crippen molar-refractivity contribution in [3.8, 4) is 22.8 Å². The van der Waals surface area contributed by atoms with E-state index in [4.69, 9.17) is 21.1 Å². The second-order valence-electron chi connectivity index (χ2n) is 4.90. The van der Waals surface area contributed by atoms with Crippen LogP contribution in [0.25, 0.3) is 22.0 Å². The molecule has 4 nitrogen and oxygen atoms in total. The Labute approximate surface area is 138 Å². The van der Waals surface area contributed by atoms with Crippen LogP contribution < -0.4 is 9.47 Å². The van der Waals surface area contributed by atoms with Crippen molar-refractivity contribution in [1.29, 1.82) is 0 Å². The zero-order chi connectivity index (χ0) is 16.4. The topological polar surface area (TPSA) is 48.4 Å². The summed E-state index contributed by atoms with van der Waals surface area (Å²) in [6.07, 6.45) is 0.707. The lowest BCUT2D eigenvalue weighted by Gasteiger charge is -2.14. The first-order valence-electron chi connectivity index (χ1n) is 6.95. The number of carbonyl (C=O) groups is 1. The molecule has 0 aliphatic heterocycles. The molecule has 0 N–H and O–H groups in total. The van der Waals surface area contributed by atoms with Crippen LogP contribution in [-0.2, 0) is 0 Å². The summed E-state index contributed by atoms with van der Waals surface area (Å²) in [6, 6.07) is 13.2. The van der Waals surface area contributed by atoms with Gasteiger partial charge in [0.1, 0.15) is 5.15 Å². The van der Waals surface area contributed by atoms with E-state index in [-0.39, 0.29) is 5.15 Å². The van der Waals surface area contributed by atoms with Gasteiger partial charge in [-0.1, -0.05) is 41.9 Å². The van der Waals surface area contributed by atoms with Crippen LogP contribution in [0.15, 0.2) is 42.5 Å². The van der Waals surface area contributed by atoms with E-state index < -0.39 is 0 Å². The Balaban J connectivity index is 2.44. The minimum atomic E-state index is 0.165. The van der Waals surface area contributed by atoms with Crippen LogP contribution in [0.4, 0.5) is 0 Å². The third kappa shape index (κ3) is 2.62. The maximum Gasteiger partial charge on any atom is 0.161 e. The first-order valence-corrected chi connectivity index (χ1v) is 7.33. The lowest BCUT2D eigenvalue weighted by molar-refractivity contribution is 0.112. The summed E-state index contributed by atoms with van der Waals surface area (Å²) in [4.78, 5) is 15.9. The molecule has 0 saturated carbocycles. The van der Waals surface area contributed by atoms with Gasteiger partial charge in [-0.25, -0.2) is 4.98 Å². The van der Waals surface area contributed by atoms with Gasteiger partial charge in [-0.3, -0.25) is 4.79 Å². The molecule has 0 fully saturated rings. The zero-order valence-corrected chi connectivity index (χ0v) is 13.4. The van der Waals surface area contributed by atoms with E-state index in [0.717, 1.165) is 10.9 Å². The minimum absolute atomic E-state index is 0.165. The molecule has 0 aliphatic rings. The van der Waals surface area contributed by atoms with Crippen molar-refractivity contribution in [1.82, 2.24) is 4.98 Å². The number of hydrogen-bond acceptors (Lipinski definition) is 4. The van der Waals surface area contributed by atoms with Crippen LogP contribution in [0.5, 0.6) is 11.5 Å². The maximum absolute atomic E-state index is 11.4. The number of halogens is 1. The number of aromatic nitrogens is 1. The van der Waals surface area contributed by atoms with Gasteiger partial charge in [0.2, 0.25) is 0 Å². The molecule has 2 aromatic carbocycles. The van der Waals surface area contributed by atoms with Gasteiger partial charge in [-0.2, -0.15) is 0 Å². The molecular weight excluding hydrogens is 314 g/mol. The van der Waals surface area contributed by atoms with Crippen molar-refractivity contribution in [3.63, 3.8) is 0 Å². The molecule has 0 amide bonds.